The van der Waals surface area contributed by atoms with Crippen LogP contribution in [0.15, 0.2) is 18.2 Å². The van der Waals surface area contributed by atoms with E-state index in [1.54, 1.807) is 6.92 Å². The number of rotatable bonds is 5. The van der Waals surface area contributed by atoms with Crippen molar-refractivity contribution >= 4 is 5.91 Å². The van der Waals surface area contributed by atoms with Gasteiger partial charge in [0, 0.05) is 6.61 Å². The van der Waals surface area contributed by atoms with Crippen molar-refractivity contribution in [3.63, 3.8) is 0 Å². The number of nitrogens with one attached hydrogen (secondary N) is 1. The van der Waals surface area contributed by atoms with E-state index in [-0.39, 0.29) is 6.61 Å². The van der Waals surface area contributed by atoms with Crippen LogP contribution in [-0.2, 0) is 9.53 Å². The van der Waals surface area contributed by atoms with Gasteiger partial charge in [0.25, 0.3) is 0 Å². The molecule has 1 aromatic carbocycles. The van der Waals surface area contributed by atoms with Crippen molar-refractivity contribution in [3.05, 3.63) is 35.4 Å². The number of benzene rings is 1. The van der Waals surface area contributed by atoms with E-state index in [0.717, 1.165) is 6.07 Å². The van der Waals surface area contributed by atoms with E-state index in [9.17, 15) is 26.7 Å². The predicted octanol–water partition coefficient (Wildman–Crippen LogP) is 2.72. The Morgan fingerprint density at radius 2 is 1.85 bits per heavy atom. The molecule has 1 atom stereocenters. The molecule has 0 heterocycles. The van der Waals surface area contributed by atoms with Crippen molar-refractivity contribution in [2.45, 2.75) is 19.1 Å². The Morgan fingerprint density at radius 3 is 2.30 bits per heavy atom. The zero-order chi connectivity index (χ0) is 15.3. The summed E-state index contributed by atoms with van der Waals surface area (Å²) in [6.45, 7) is 1.04. The molecule has 0 fully saturated rings. The first-order chi connectivity index (χ1) is 9.27. The summed E-state index contributed by atoms with van der Waals surface area (Å²) < 4.78 is 70.0. The minimum Gasteiger partial charge on any atom is -0.372 e. The fourth-order valence-electron chi connectivity index (χ4n) is 1.50. The molecule has 1 amide bonds. The monoisotopic (exact) mass is 297 g/mol. The average Bonchev–Trinajstić information content (AvgIpc) is 2.33. The first kappa shape index (κ1) is 16.4. The summed E-state index contributed by atoms with van der Waals surface area (Å²) >= 11 is 0. The van der Waals surface area contributed by atoms with Gasteiger partial charge in [-0.2, -0.15) is 13.2 Å². The molecule has 0 saturated carbocycles. The third-order valence-corrected chi connectivity index (χ3v) is 2.36. The maximum atomic E-state index is 13.4. The van der Waals surface area contributed by atoms with Crippen molar-refractivity contribution in [1.82, 2.24) is 5.32 Å². The van der Waals surface area contributed by atoms with E-state index in [2.05, 4.69) is 4.74 Å². The zero-order valence-electron chi connectivity index (χ0n) is 10.4. The molecule has 1 N–H and O–H groups in total. The Kier molecular flexibility index (Phi) is 5.43. The largest absolute Gasteiger partial charge is 0.413 e. The second kappa shape index (κ2) is 6.65. The third-order valence-electron chi connectivity index (χ3n) is 2.36. The summed E-state index contributed by atoms with van der Waals surface area (Å²) in [6, 6.07) is -0.460. The fraction of sp³-hybridized carbons (Fsp3) is 0.417. The summed E-state index contributed by atoms with van der Waals surface area (Å²) in [5, 5.41) is 1.52. The van der Waals surface area contributed by atoms with Crippen molar-refractivity contribution < 1.29 is 31.5 Å². The van der Waals surface area contributed by atoms with Crippen molar-refractivity contribution in [2.75, 3.05) is 13.2 Å². The Bertz CT molecular complexity index is 455. The topological polar surface area (TPSA) is 38.3 Å². The number of hydrogen-bond donors (Lipinski definition) is 1. The smallest absolute Gasteiger partial charge is 0.372 e. The van der Waals surface area contributed by atoms with Gasteiger partial charge in [0.2, 0.25) is 5.91 Å². The van der Waals surface area contributed by atoms with Crippen LogP contribution in [0.5, 0.6) is 0 Å². The lowest BCUT2D eigenvalue weighted by molar-refractivity contribution is -0.165. The minimum atomic E-state index is -5.04. The predicted molar refractivity (Wildman–Crippen MR) is 59.8 cm³/mol. The maximum Gasteiger partial charge on any atom is 0.413 e. The lowest BCUT2D eigenvalue weighted by Gasteiger charge is -2.22. The lowest BCUT2D eigenvalue weighted by Crippen LogP contribution is -2.40. The van der Waals surface area contributed by atoms with Crippen molar-refractivity contribution in [2.24, 2.45) is 0 Å². The normalized spacial score (nSPS) is 13.1. The molecule has 3 nitrogen and oxygen atoms in total. The number of halogens is 5. The molecule has 0 spiro atoms. The number of hydrogen-bond acceptors (Lipinski definition) is 2. The van der Waals surface area contributed by atoms with Gasteiger partial charge in [0.1, 0.15) is 18.2 Å². The van der Waals surface area contributed by atoms with E-state index in [1.165, 1.54) is 5.32 Å². The van der Waals surface area contributed by atoms with Crippen LogP contribution < -0.4 is 5.32 Å². The quantitative estimate of drug-likeness (QED) is 0.849. The Balaban J connectivity index is 3.05. The molecule has 0 aromatic heterocycles. The highest BCUT2D eigenvalue weighted by Crippen LogP contribution is 2.35. The summed E-state index contributed by atoms with van der Waals surface area (Å²) in [5.74, 6) is -3.88. The van der Waals surface area contributed by atoms with E-state index < -0.39 is 41.9 Å². The van der Waals surface area contributed by atoms with Gasteiger partial charge in [-0.1, -0.05) is 6.07 Å². The summed E-state index contributed by atoms with van der Waals surface area (Å²) in [7, 11) is 0. The van der Waals surface area contributed by atoms with E-state index in [1.807, 2.05) is 0 Å². The van der Waals surface area contributed by atoms with Crippen molar-refractivity contribution in [3.8, 4) is 0 Å². The highest BCUT2D eigenvalue weighted by Gasteiger charge is 2.44. The van der Waals surface area contributed by atoms with E-state index in [4.69, 9.17) is 0 Å². The first-order valence-corrected chi connectivity index (χ1v) is 5.65. The summed E-state index contributed by atoms with van der Waals surface area (Å²) in [5.41, 5.74) is -1.25. The van der Waals surface area contributed by atoms with Gasteiger partial charge in [-0.25, -0.2) is 8.78 Å². The number of alkyl halides is 3. The molecule has 0 aliphatic carbocycles. The zero-order valence-corrected chi connectivity index (χ0v) is 10.4. The Morgan fingerprint density at radius 1 is 1.30 bits per heavy atom. The summed E-state index contributed by atoms with van der Waals surface area (Å²) in [6.07, 6.45) is -5.04. The Labute approximate surface area is 111 Å². The first-order valence-electron chi connectivity index (χ1n) is 5.65. The van der Waals surface area contributed by atoms with Crippen LogP contribution in [-0.4, -0.2) is 25.3 Å². The molecule has 1 unspecified atom stereocenters. The molecule has 0 saturated heterocycles. The van der Waals surface area contributed by atoms with Gasteiger partial charge in [-0.3, -0.25) is 4.79 Å². The Hall–Kier alpha value is -1.70. The van der Waals surface area contributed by atoms with Gasteiger partial charge < -0.3 is 10.1 Å². The second-order valence-corrected chi connectivity index (χ2v) is 3.81. The van der Waals surface area contributed by atoms with Gasteiger partial charge in [0.15, 0.2) is 6.04 Å². The van der Waals surface area contributed by atoms with E-state index in [0.29, 0.717) is 12.1 Å². The van der Waals surface area contributed by atoms with Crippen LogP contribution >= 0.6 is 0 Å². The van der Waals surface area contributed by atoms with Crippen LogP contribution in [0.2, 0.25) is 0 Å². The van der Waals surface area contributed by atoms with Crippen LogP contribution in [0.1, 0.15) is 18.5 Å². The number of carbonyl (C=O) groups is 1. The number of amides is 1. The lowest BCUT2D eigenvalue weighted by atomic mass is 10.0. The molecule has 1 rings (SSSR count). The van der Waals surface area contributed by atoms with Crippen LogP contribution in [0, 0.1) is 11.6 Å². The van der Waals surface area contributed by atoms with Crippen molar-refractivity contribution in [1.29, 1.82) is 0 Å². The molecular weight excluding hydrogens is 285 g/mol. The SMILES string of the molecule is CCOCC(=O)NC(c1c(F)cccc1F)C(F)(F)F. The number of carbonyl (C=O) groups excluding carboxylic acids is 1. The highest BCUT2D eigenvalue weighted by atomic mass is 19.4. The third kappa shape index (κ3) is 4.16. The second-order valence-electron chi connectivity index (χ2n) is 3.81. The molecule has 8 heteroatoms. The molecule has 1 aromatic rings. The summed E-state index contributed by atoms with van der Waals surface area (Å²) in [4.78, 5) is 11.3. The molecule has 20 heavy (non-hydrogen) atoms. The van der Waals surface area contributed by atoms with Gasteiger partial charge in [0.05, 0.1) is 5.56 Å². The molecule has 0 radical (unpaired) electrons. The van der Waals surface area contributed by atoms with Crippen LogP contribution in [0.3, 0.4) is 0 Å². The molecule has 0 aliphatic rings. The van der Waals surface area contributed by atoms with Gasteiger partial charge in [-0.05, 0) is 19.1 Å². The molecule has 0 aliphatic heterocycles. The molecule has 0 bridgehead atoms. The van der Waals surface area contributed by atoms with Crippen LogP contribution in [0.4, 0.5) is 22.0 Å². The fourth-order valence-corrected chi connectivity index (χ4v) is 1.50. The highest BCUT2D eigenvalue weighted by molar-refractivity contribution is 5.77. The van der Waals surface area contributed by atoms with Gasteiger partial charge >= 0.3 is 6.18 Å². The molecular formula is C12H12F5NO2. The number of ether oxygens (including phenoxy) is 1. The minimum absolute atomic E-state index is 0.123. The molecule has 112 valence electrons. The standard InChI is InChI=1S/C12H12F5NO2/c1-2-20-6-9(19)18-11(12(15,16)17)10-7(13)4-3-5-8(10)14/h3-5,11H,2,6H2,1H3,(H,18,19). The van der Waals surface area contributed by atoms with E-state index >= 15 is 0 Å². The maximum absolute atomic E-state index is 13.4. The van der Waals surface area contributed by atoms with Crippen LogP contribution in [0.25, 0.3) is 0 Å². The van der Waals surface area contributed by atoms with Gasteiger partial charge in [-0.15, -0.1) is 0 Å². The average molecular weight is 297 g/mol.